The van der Waals surface area contributed by atoms with Gasteiger partial charge < -0.3 is 11.1 Å². The van der Waals surface area contributed by atoms with E-state index in [1.165, 1.54) is 11.3 Å². The molecule has 0 fully saturated rings. The third kappa shape index (κ3) is 2.55. The zero-order chi connectivity index (χ0) is 15.0. The fourth-order valence-electron chi connectivity index (χ4n) is 1.91. The Bertz CT molecular complexity index is 827. The van der Waals surface area contributed by atoms with E-state index in [4.69, 9.17) is 28.9 Å². The summed E-state index contributed by atoms with van der Waals surface area (Å²) in [5.41, 5.74) is 6.79. The highest BCUT2D eigenvalue weighted by atomic mass is 35.5. The topological polar surface area (TPSA) is 68.0 Å². The summed E-state index contributed by atoms with van der Waals surface area (Å²) in [5.74, 6) is -0.356. The number of nitrogen functional groups attached to an aromatic ring is 1. The largest absolute Gasteiger partial charge is 0.397 e. The van der Waals surface area contributed by atoms with Crippen molar-refractivity contribution in [3.05, 3.63) is 51.5 Å². The minimum Gasteiger partial charge on any atom is -0.397 e. The number of benzene rings is 1. The van der Waals surface area contributed by atoms with Crippen LogP contribution in [0.15, 0.2) is 36.5 Å². The lowest BCUT2D eigenvalue weighted by Crippen LogP contribution is -2.12. The molecule has 3 rings (SSSR count). The Hall–Kier alpha value is -1.82. The maximum Gasteiger partial charge on any atom is 0.268 e. The van der Waals surface area contributed by atoms with E-state index < -0.39 is 0 Å². The molecule has 0 bridgehead atoms. The number of hydrogen-bond donors (Lipinski definition) is 2. The first-order chi connectivity index (χ1) is 10.1. The van der Waals surface area contributed by atoms with Crippen molar-refractivity contribution in [3.63, 3.8) is 0 Å². The second-order valence-electron chi connectivity index (χ2n) is 4.25. The summed E-state index contributed by atoms with van der Waals surface area (Å²) < 4.78 is 0. The van der Waals surface area contributed by atoms with Gasteiger partial charge in [-0.2, -0.15) is 0 Å². The fourth-order valence-corrected chi connectivity index (χ4v) is 3.36. The highest BCUT2D eigenvalue weighted by molar-refractivity contribution is 7.21. The van der Waals surface area contributed by atoms with Gasteiger partial charge in [-0.05, 0) is 24.3 Å². The number of carbonyl (C=O) groups is 1. The van der Waals surface area contributed by atoms with Gasteiger partial charge in [0.1, 0.15) is 9.71 Å². The molecular formula is C14H9Cl2N3OS. The standard InChI is InChI=1S/C14H9Cl2N3OS/c15-8-4-1-5-9(16)11(8)19-13(20)12-10(17)7-3-2-6-18-14(7)21-12/h1-6H,17H2,(H,19,20). The first-order valence-electron chi connectivity index (χ1n) is 5.96. The Labute approximate surface area is 134 Å². The van der Waals surface area contributed by atoms with Crippen LogP contribution in [0.4, 0.5) is 11.4 Å². The van der Waals surface area contributed by atoms with Gasteiger partial charge in [-0.25, -0.2) is 4.98 Å². The molecule has 0 atom stereocenters. The van der Waals surface area contributed by atoms with Crippen LogP contribution in [-0.2, 0) is 0 Å². The van der Waals surface area contributed by atoms with Crippen molar-refractivity contribution in [2.75, 3.05) is 11.1 Å². The number of nitrogens with two attached hydrogens (primary N) is 1. The van der Waals surface area contributed by atoms with E-state index in [1.807, 2.05) is 6.07 Å². The van der Waals surface area contributed by atoms with Gasteiger partial charge in [0.15, 0.2) is 0 Å². The number of hydrogen-bond acceptors (Lipinski definition) is 4. The van der Waals surface area contributed by atoms with Crippen LogP contribution in [0, 0.1) is 0 Å². The average Bonchev–Trinajstić information content (AvgIpc) is 2.81. The summed E-state index contributed by atoms with van der Waals surface area (Å²) in [6.45, 7) is 0. The highest BCUT2D eigenvalue weighted by Crippen LogP contribution is 2.34. The number of nitrogens with zero attached hydrogens (tertiary/aromatic N) is 1. The van der Waals surface area contributed by atoms with Crippen LogP contribution in [0.5, 0.6) is 0 Å². The number of halogens is 2. The Kier molecular flexibility index (Phi) is 3.71. The lowest BCUT2D eigenvalue weighted by atomic mass is 10.2. The summed E-state index contributed by atoms with van der Waals surface area (Å²) in [6.07, 6.45) is 1.66. The van der Waals surface area contributed by atoms with Gasteiger partial charge in [0.2, 0.25) is 0 Å². The van der Waals surface area contributed by atoms with Crippen molar-refractivity contribution >= 4 is 62.0 Å². The van der Waals surface area contributed by atoms with Gasteiger partial charge in [0.25, 0.3) is 5.91 Å². The molecule has 1 aromatic carbocycles. The molecule has 4 nitrogen and oxygen atoms in total. The van der Waals surface area contributed by atoms with Gasteiger partial charge >= 0.3 is 0 Å². The molecule has 0 aliphatic heterocycles. The van der Waals surface area contributed by atoms with Crippen LogP contribution < -0.4 is 11.1 Å². The molecule has 106 valence electrons. The van der Waals surface area contributed by atoms with Crippen molar-refractivity contribution in [2.45, 2.75) is 0 Å². The summed E-state index contributed by atoms with van der Waals surface area (Å²) >= 11 is 13.3. The molecular weight excluding hydrogens is 329 g/mol. The van der Waals surface area contributed by atoms with Crippen LogP contribution >= 0.6 is 34.5 Å². The molecule has 0 aliphatic carbocycles. The van der Waals surface area contributed by atoms with Crippen LogP contribution in [0.25, 0.3) is 10.2 Å². The molecule has 1 amide bonds. The lowest BCUT2D eigenvalue weighted by Gasteiger charge is -2.08. The van der Waals surface area contributed by atoms with Crippen molar-refractivity contribution in [2.24, 2.45) is 0 Å². The smallest absolute Gasteiger partial charge is 0.268 e. The van der Waals surface area contributed by atoms with E-state index in [0.717, 1.165) is 5.39 Å². The molecule has 7 heteroatoms. The summed E-state index contributed by atoms with van der Waals surface area (Å²) in [5, 5.41) is 4.20. The van der Waals surface area contributed by atoms with Crippen LogP contribution in [0.2, 0.25) is 10.0 Å². The first-order valence-corrected chi connectivity index (χ1v) is 7.53. The normalized spacial score (nSPS) is 10.8. The van der Waals surface area contributed by atoms with Crippen LogP contribution in [-0.4, -0.2) is 10.9 Å². The van der Waals surface area contributed by atoms with E-state index in [0.29, 0.717) is 31.1 Å². The van der Waals surface area contributed by atoms with Gasteiger partial charge in [-0.15, -0.1) is 11.3 Å². The summed E-state index contributed by atoms with van der Waals surface area (Å²) in [4.78, 5) is 17.7. The molecule has 3 N–H and O–H groups in total. The van der Waals surface area contributed by atoms with Crippen LogP contribution in [0.3, 0.4) is 0 Å². The second kappa shape index (κ2) is 5.52. The molecule has 3 aromatic rings. The second-order valence-corrected chi connectivity index (χ2v) is 6.07. The molecule has 0 saturated carbocycles. The molecule has 0 radical (unpaired) electrons. The SMILES string of the molecule is Nc1c(C(=O)Nc2c(Cl)cccc2Cl)sc2ncccc12. The number of amides is 1. The third-order valence-corrected chi connectivity index (χ3v) is 4.67. The number of thiophene rings is 1. The van der Waals surface area contributed by atoms with Crippen molar-refractivity contribution in [1.29, 1.82) is 0 Å². The summed E-state index contributed by atoms with van der Waals surface area (Å²) in [7, 11) is 0. The summed E-state index contributed by atoms with van der Waals surface area (Å²) in [6, 6.07) is 8.61. The Morgan fingerprint density at radius 2 is 1.90 bits per heavy atom. The maximum atomic E-state index is 12.4. The number of aromatic nitrogens is 1. The van der Waals surface area contributed by atoms with Crippen molar-refractivity contribution < 1.29 is 4.79 Å². The number of fused-ring (bicyclic) bond motifs is 1. The predicted molar refractivity (Wildman–Crippen MR) is 88.4 cm³/mol. The van der Waals surface area contributed by atoms with E-state index in [-0.39, 0.29) is 5.91 Å². The molecule has 0 unspecified atom stereocenters. The number of pyridine rings is 1. The van der Waals surface area contributed by atoms with E-state index >= 15 is 0 Å². The predicted octanol–water partition coefficient (Wildman–Crippen LogP) is 4.44. The number of carbonyl (C=O) groups excluding carboxylic acids is 1. The Balaban J connectivity index is 2.00. The third-order valence-electron chi connectivity index (χ3n) is 2.91. The minimum atomic E-state index is -0.356. The zero-order valence-electron chi connectivity index (χ0n) is 10.6. The van der Waals surface area contributed by atoms with E-state index in [2.05, 4.69) is 10.3 Å². The Morgan fingerprint density at radius 1 is 1.19 bits per heavy atom. The van der Waals surface area contributed by atoms with Gasteiger partial charge in [0, 0.05) is 11.6 Å². The molecule has 0 spiro atoms. The van der Waals surface area contributed by atoms with Crippen LogP contribution in [0.1, 0.15) is 9.67 Å². The molecule has 0 aliphatic rings. The molecule has 2 heterocycles. The fraction of sp³-hybridized carbons (Fsp3) is 0. The van der Waals surface area contributed by atoms with Crippen molar-refractivity contribution in [1.82, 2.24) is 4.98 Å². The van der Waals surface area contributed by atoms with E-state index in [9.17, 15) is 4.79 Å². The van der Waals surface area contributed by atoms with Gasteiger partial charge in [-0.3, -0.25) is 4.79 Å². The van der Waals surface area contributed by atoms with Gasteiger partial charge in [0.05, 0.1) is 21.4 Å². The highest BCUT2D eigenvalue weighted by Gasteiger charge is 2.18. The molecule has 2 aromatic heterocycles. The average molecular weight is 338 g/mol. The Morgan fingerprint density at radius 3 is 2.57 bits per heavy atom. The van der Waals surface area contributed by atoms with E-state index in [1.54, 1.807) is 30.5 Å². The number of anilines is 2. The number of nitrogens with one attached hydrogen (secondary N) is 1. The number of rotatable bonds is 2. The molecule has 21 heavy (non-hydrogen) atoms. The first kappa shape index (κ1) is 14.1. The minimum absolute atomic E-state index is 0.356. The number of para-hydroxylation sites is 1. The monoisotopic (exact) mass is 337 g/mol. The molecule has 0 saturated heterocycles. The van der Waals surface area contributed by atoms with Gasteiger partial charge in [-0.1, -0.05) is 29.3 Å². The lowest BCUT2D eigenvalue weighted by molar-refractivity contribution is 0.103. The maximum absolute atomic E-state index is 12.4. The van der Waals surface area contributed by atoms with Crippen molar-refractivity contribution in [3.8, 4) is 0 Å². The zero-order valence-corrected chi connectivity index (χ0v) is 12.9. The quantitative estimate of drug-likeness (QED) is 0.726.